The number of aromatic nitrogens is 4. The normalized spacial score (nSPS) is 11.1. The second-order valence-corrected chi connectivity index (χ2v) is 4.94. The van der Waals surface area contributed by atoms with E-state index in [0.29, 0.717) is 11.6 Å². The first kappa shape index (κ1) is 12.0. The third kappa shape index (κ3) is 2.41. The summed E-state index contributed by atoms with van der Waals surface area (Å²) in [4.78, 5) is 0.759. The highest BCUT2D eigenvalue weighted by molar-refractivity contribution is 7.16. The molecule has 3 rings (SSSR count). The van der Waals surface area contributed by atoms with Crippen molar-refractivity contribution in [3.8, 4) is 5.75 Å². The van der Waals surface area contributed by atoms with Gasteiger partial charge in [0.05, 0.1) is 0 Å². The molecular formula is C12H11FN4OS. The lowest BCUT2D eigenvalue weighted by atomic mass is 10.3. The lowest BCUT2D eigenvalue weighted by Crippen LogP contribution is -2.02. The molecular weight excluding hydrogens is 267 g/mol. The number of ether oxygens (including phenoxy) is 1. The van der Waals surface area contributed by atoms with Crippen molar-refractivity contribution in [3.05, 3.63) is 40.9 Å². The number of rotatable bonds is 4. The molecule has 7 heteroatoms. The Morgan fingerprint density at radius 1 is 1.26 bits per heavy atom. The van der Waals surface area contributed by atoms with E-state index in [2.05, 4.69) is 15.3 Å². The van der Waals surface area contributed by atoms with E-state index in [-0.39, 0.29) is 12.4 Å². The lowest BCUT2D eigenvalue weighted by molar-refractivity contribution is 0.292. The molecule has 1 aromatic carbocycles. The van der Waals surface area contributed by atoms with Crippen LogP contribution < -0.4 is 4.74 Å². The van der Waals surface area contributed by atoms with Crippen molar-refractivity contribution in [1.29, 1.82) is 0 Å². The molecule has 0 saturated carbocycles. The van der Waals surface area contributed by atoms with E-state index >= 15 is 0 Å². The van der Waals surface area contributed by atoms with Gasteiger partial charge < -0.3 is 4.74 Å². The number of nitrogens with zero attached hydrogens (tertiary/aromatic N) is 4. The van der Waals surface area contributed by atoms with Crippen molar-refractivity contribution >= 4 is 16.3 Å². The number of halogens is 1. The first-order valence-corrected chi connectivity index (χ1v) is 6.66. The molecule has 0 amide bonds. The molecule has 0 bridgehead atoms. The van der Waals surface area contributed by atoms with Gasteiger partial charge in [-0.15, -0.1) is 10.2 Å². The van der Waals surface area contributed by atoms with Gasteiger partial charge in [-0.25, -0.2) is 4.39 Å². The molecule has 0 fully saturated rings. The largest absolute Gasteiger partial charge is 0.486 e. The first-order chi connectivity index (χ1) is 9.26. The van der Waals surface area contributed by atoms with Gasteiger partial charge in [0.15, 0.2) is 5.82 Å². The highest BCUT2D eigenvalue weighted by atomic mass is 32.1. The zero-order valence-electron chi connectivity index (χ0n) is 10.2. The van der Waals surface area contributed by atoms with Crippen LogP contribution in [0.25, 0.3) is 4.96 Å². The molecule has 0 aliphatic carbocycles. The maximum absolute atomic E-state index is 12.8. The highest BCUT2D eigenvalue weighted by Gasteiger charge is 2.11. The van der Waals surface area contributed by atoms with E-state index in [9.17, 15) is 4.39 Å². The third-order valence-electron chi connectivity index (χ3n) is 2.58. The minimum atomic E-state index is -0.288. The summed E-state index contributed by atoms with van der Waals surface area (Å²) in [5, 5.41) is 13.5. The Hall–Kier alpha value is -2.02. The molecule has 98 valence electrons. The van der Waals surface area contributed by atoms with Crippen LogP contribution in [0.5, 0.6) is 5.75 Å². The summed E-state index contributed by atoms with van der Waals surface area (Å²) in [5.41, 5.74) is 0. The van der Waals surface area contributed by atoms with Crippen LogP contribution in [-0.4, -0.2) is 19.8 Å². The zero-order chi connectivity index (χ0) is 13.2. The van der Waals surface area contributed by atoms with Crippen molar-refractivity contribution in [3.63, 3.8) is 0 Å². The fourth-order valence-corrected chi connectivity index (χ4v) is 2.40. The summed E-state index contributed by atoms with van der Waals surface area (Å²) >= 11 is 1.51. The van der Waals surface area contributed by atoms with E-state index in [1.165, 1.54) is 23.5 Å². The third-order valence-corrected chi connectivity index (χ3v) is 3.62. The summed E-state index contributed by atoms with van der Waals surface area (Å²) in [6.45, 7) is 2.29. The second kappa shape index (κ2) is 4.93. The summed E-state index contributed by atoms with van der Waals surface area (Å²) in [6.07, 6.45) is 0.867. The maximum atomic E-state index is 12.8. The Morgan fingerprint density at radius 3 is 2.79 bits per heavy atom. The Balaban J connectivity index is 1.77. The molecule has 5 nitrogen and oxygen atoms in total. The minimum absolute atomic E-state index is 0.250. The first-order valence-electron chi connectivity index (χ1n) is 5.84. The topological polar surface area (TPSA) is 52.3 Å². The van der Waals surface area contributed by atoms with E-state index in [0.717, 1.165) is 16.4 Å². The molecule has 0 spiro atoms. The molecule has 0 aliphatic heterocycles. The Bertz CT molecular complexity index is 691. The van der Waals surface area contributed by atoms with Crippen molar-refractivity contribution in [1.82, 2.24) is 19.8 Å². The van der Waals surface area contributed by atoms with Gasteiger partial charge in [-0.3, -0.25) is 0 Å². The number of hydrogen-bond donors (Lipinski definition) is 0. The summed E-state index contributed by atoms with van der Waals surface area (Å²) in [7, 11) is 0. The zero-order valence-corrected chi connectivity index (χ0v) is 11.0. The summed E-state index contributed by atoms with van der Waals surface area (Å²) < 4.78 is 20.0. The van der Waals surface area contributed by atoms with E-state index in [4.69, 9.17) is 4.74 Å². The van der Waals surface area contributed by atoms with Crippen LogP contribution in [0.4, 0.5) is 4.39 Å². The van der Waals surface area contributed by atoms with Gasteiger partial charge in [-0.05, 0) is 30.7 Å². The lowest BCUT2D eigenvalue weighted by Gasteiger charge is -2.03. The van der Waals surface area contributed by atoms with Crippen molar-refractivity contribution in [2.24, 2.45) is 0 Å². The van der Waals surface area contributed by atoms with E-state index in [1.54, 1.807) is 16.6 Å². The molecule has 0 atom stereocenters. The average Bonchev–Trinajstić information content (AvgIpc) is 2.98. The molecule has 2 heterocycles. The van der Waals surface area contributed by atoms with Gasteiger partial charge in [0.25, 0.3) is 0 Å². The number of benzene rings is 1. The highest BCUT2D eigenvalue weighted by Crippen LogP contribution is 2.16. The van der Waals surface area contributed by atoms with Crippen LogP contribution >= 0.6 is 11.3 Å². The van der Waals surface area contributed by atoms with Crippen LogP contribution in [0.2, 0.25) is 0 Å². The van der Waals surface area contributed by atoms with Crippen LogP contribution in [0.1, 0.15) is 17.8 Å². The summed E-state index contributed by atoms with van der Waals surface area (Å²) in [5.74, 6) is 0.934. The van der Waals surface area contributed by atoms with Crippen LogP contribution in [0, 0.1) is 5.82 Å². The second-order valence-electron chi connectivity index (χ2n) is 3.90. The standard InChI is InChI=1S/C12H11FN4OS/c1-2-11-16-17-10(14-15-12(17)19-11)7-18-9-5-3-8(13)4-6-9/h3-6H,2,7H2,1H3. The van der Waals surface area contributed by atoms with Gasteiger partial charge in [0.1, 0.15) is 23.2 Å². The quantitative estimate of drug-likeness (QED) is 0.735. The smallest absolute Gasteiger partial charge is 0.234 e. The monoisotopic (exact) mass is 278 g/mol. The number of fused-ring (bicyclic) bond motifs is 1. The van der Waals surface area contributed by atoms with Gasteiger partial charge in [0.2, 0.25) is 4.96 Å². The fraction of sp³-hybridized carbons (Fsp3) is 0.250. The molecule has 0 radical (unpaired) electrons. The fourth-order valence-electron chi connectivity index (χ4n) is 1.61. The predicted molar refractivity (Wildman–Crippen MR) is 68.8 cm³/mol. The number of hydrogen-bond acceptors (Lipinski definition) is 5. The SMILES string of the molecule is CCc1nn2c(COc3ccc(F)cc3)nnc2s1. The van der Waals surface area contributed by atoms with Crippen LogP contribution in [0.3, 0.4) is 0 Å². The van der Waals surface area contributed by atoms with Crippen molar-refractivity contribution < 1.29 is 9.13 Å². The van der Waals surface area contributed by atoms with Gasteiger partial charge >= 0.3 is 0 Å². The molecule has 0 aliphatic rings. The summed E-state index contributed by atoms with van der Waals surface area (Å²) in [6, 6.07) is 5.86. The van der Waals surface area contributed by atoms with E-state index < -0.39 is 0 Å². The van der Waals surface area contributed by atoms with Gasteiger partial charge in [0, 0.05) is 0 Å². The van der Waals surface area contributed by atoms with E-state index in [1.807, 2.05) is 6.92 Å². The Morgan fingerprint density at radius 2 is 2.05 bits per heavy atom. The average molecular weight is 278 g/mol. The maximum Gasteiger partial charge on any atom is 0.234 e. The van der Waals surface area contributed by atoms with Gasteiger partial charge in [-0.1, -0.05) is 18.3 Å². The van der Waals surface area contributed by atoms with Crippen molar-refractivity contribution in [2.45, 2.75) is 20.0 Å². The molecule has 2 aromatic heterocycles. The van der Waals surface area contributed by atoms with Crippen LogP contribution in [-0.2, 0) is 13.0 Å². The Labute approximate surface area is 112 Å². The predicted octanol–water partition coefficient (Wildman–Crippen LogP) is 2.47. The molecule has 0 unspecified atom stereocenters. The van der Waals surface area contributed by atoms with Gasteiger partial charge in [-0.2, -0.15) is 9.61 Å². The van der Waals surface area contributed by atoms with Crippen LogP contribution in [0.15, 0.2) is 24.3 Å². The molecule has 0 saturated heterocycles. The molecule has 0 N–H and O–H groups in total. The Kier molecular flexibility index (Phi) is 3.12. The number of aryl methyl sites for hydroxylation is 1. The minimum Gasteiger partial charge on any atom is -0.486 e. The molecule has 19 heavy (non-hydrogen) atoms. The molecule has 3 aromatic rings. The van der Waals surface area contributed by atoms with Crippen molar-refractivity contribution in [2.75, 3.05) is 0 Å².